The molecule has 0 unspecified atom stereocenters. The molecule has 0 heterocycles. The highest BCUT2D eigenvalue weighted by atomic mass is 16.5. The van der Waals surface area contributed by atoms with Gasteiger partial charge in [0.25, 0.3) is 0 Å². The fourth-order valence-corrected chi connectivity index (χ4v) is 2.15. The van der Waals surface area contributed by atoms with Gasteiger partial charge in [-0.05, 0) is 26.4 Å². The molecule has 0 aromatic heterocycles. The van der Waals surface area contributed by atoms with Crippen molar-refractivity contribution in [2.75, 3.05) is 33.9 Å². The number of unbranched alkanes of at least 4 members (excludes halogenated alkanes) is 8. The molecule has 144 valence electrons. The number of nitrogens with one attached hydrogen (secondary N) is 2. The van der Waals surface area contributed by atoms with E-state index in [1.807, 2.05) is 20.9 Å². The highest BCUT2D eigenvalue weighted by molar-refractivity contribution is 5.77. The van der Waals surface area contributed by atoms with Crippen LogP contribution in [0.4, 0.5) is 0 Å². The summed E-state index contributed by atoms with van der Waals surface area (Å²) in [6, 6.07) is 0. The van der Waals surface area contributed by atoms with Crippen molar-refractivity contribution in [3.8, 4) is 0 Å². The number of hydrogen-bond donors (Lipinski definition) is 2. The van der Waals surface area contributed by atoms with Gasteiger partial charge in [-0.25, -0.2) is 0 Å². The molecule has 2 N–H and O–H groups in total. The van der Waals surface area contributed by atoms with Gasteiger partial charge in [0.15, 0.2) is 0 Å². The lowest BCUT2D eigenvalue weighted by molar-refractivity contribution is -0.124. The second kappa shape index (κ2) is 22.1. The van der Waals surface area contributed by atoms with Crippen molar-refractivity contribution >= 4 is 12.2 Å². The summed E-state index contributed by atoms with van der Waals surface area (Å²) in [5.41, 5.74) is 0. The molecule has 0 bridgehead atoms. The van der Waals surface area contributed by atoms with E-state index in [-0.39, 0.29) is 18.4 Å². The fraction of sp³-hybridized carbons (Fsp3) is 0.895. The summed E-state index contributed by atoms with van der Waals surface area (Å²) in [4.78, 5) is 20.6. The topological polar surface area (TPSA) is 67.4 Å². The summed E-state index contributed by atoms with van der Waals surface area (Å²) >= 11 is 0. The maximum atomic E-state index is 11.3. The van der Waals surface area contributed by atoms with E-state index in [1.165, 1.54) is 58.5 Å². The van der Waals surface area contributed by atoms with Crippen LogP contribution < -0.4 is 10.6 Å². The molecule has 24 heavy (non-hydrogen) atoms. The first kappa shape index (κ1) is 25.3. The van der Waals surface area contributed by atoms with Crippen LogP contribution in [0.2, 0.25) is 0 Å². The van der Waals surface area contributed by atoms with E-state index in [0.717, 1.165) is 19.5 Å². The Kier molecular flexibility index (Phi) is 23.3. The molecule has 0 aliphatic carbocycles. The largest absolute Gasteiger partial charge is 0.377 e. The third-order valence-corrected chi connectivity index (χ3v) is 3.66. The van der Waals surface area contributed by atoms with Crippen LogP contribution in [0.5, 0.6) is 0 Å². The molecule has 0 rings (SSSR count). The van der Waals surface area contributed by atoms with E-state index >= 15 is 0 Å². The Morgan fingerprint density at radius 3 is 1.71 bits per heavy atom. The van der Waals surface area contributed by atoms with Gasteiger partial charge in [0.05, 0.1) is 0 Å². The summed E-state index contributed by atoms with van der Waals surface area (Å²) in [5, 5.41) is 6.15. The molecule has 5 nitrogen and oxygen atoms in total. The van der Waals surface area contributed by atoms with E-state index in [9.17, 15) is 9.59 Å². The van der Waals surface area contributed by atoms with Crippen LogP contribution in [0.1, 0.15) is 71.6 Å². The molecule has 1 amide bonds. The second-order valence-electron chi connectivity index (χ2n) is 6.35. The van der Waals surface area contributed by atoms with Crippen molar-refractivity contribution in [2.45, 2.75) is 71.6 Å². The minimum atomic E-state index is 0.114. The predicted molar refractivity (Wildman–Crippen MR) is 101 cm³/mol. The molecule has 0 saturated heterocycles. The van der Waals surface area contributed by atoms with Crippen LogP contribution in [0.25, 0.3) is 0 Å². The normalized spacial score (nSPS) is 10.2. The van der Waals surface area contributed by atoms with Crippen molar-refractivity contribution in [3.63, 3.8) is 0 Å². The predicted octanol–water partition coefficient (Wildman–Crippen LogP) is 3.32. The molecule has 0 aromatic rings. The van der Waals surface area contributed by atoms with E-state index in [2.05, 4.69) is 15.4 Å². The van der Waals surface area contributed by atoms with Crippen molar-refractivity contribution in [1.29, 1.82) is 0 Å². The molecule has 5 heteroatoms. The van der Waals surface area contributed by atoms with Gasteiger partial charge in [-0.3, -0.25) is 4.79 Å². The van der Waals surface area contributed by atoms with E-state index in [4.69, 9.17) is 0 Å². The van der Waals surface area contributed by atoms with Crippen LogP contribution in [-0.2, 0) is 14.3 Å². The van der Waals surface area contributed by atoms with Gasteiger partial charge in [-0.2, -0.15) is 0 Å². The summed E-state index contributed by atoms with van der Waals surface area (Å²) in [6.07, 6.45) is 12.6. The van der Waals surface area contributed by atoms with Gasteiger partial charge in [0.1, 0.15) is 12.9 Å². The van der Waals surface area contributed by atoms with Crippen LogP contribution in [0, 0.1) is 5.92 Å². The zero-order chi connectivity index (χ0) is 18.5. The van der Waals surface area contributed by atoms with Crippen molar-refractivity contribution < 1.29 is 14.3 Å². The summed E-state index contributed by atoms with van der Waals surface area (Å²) in [5.74, 6) is 0.296. The number of methoxy groups -OCH3 is 1. The zero-order valence-electron chi connectivity index (χ0n) is 16.4. The molecular formula is C19H40N2O3. The van der Waals surface area contributed by atoms with Crippen LogP contribution in [0.15, 0.2) is 0 Å². The summed E-state index contributed by atoms with van der Waals surface area (Å²) in [6.45, 7) is 6.08. The van der Waals surface area contributed by atoms with Gasteiger partial charge in [-0.15, -0.1) is 0 Å². The summed E-state index contributed by atoms with van der Waals surface area (Å²) < 4.78 is 4.32. The number of carbonyl (C=O) groups is 2. The Bertz CT molecular complexity index is 271. The molecule has 0 aromatic carbocycles. The highest BCUT2D eigenvalue weighted by Gasteiger charge is 2.04. The van der Waals surface area contributed by atoms with Crippen molar-refractivity contribution in [2.24, 2.45) is 5.92 Å². The van der Waals surface area contributed by atoms with E-state index < -0.39 is 0 Å². The molecule has 0 aliphatic rings. The molecule has 0 saturated carbocycles. The lowest BCUT2D eigenvalue weighted by Gasteiger charge is -2.07. The number of hydrogen-bond acceptors (Lipinski definition) is 4. The van der Waals surface area contributed by atoms with Gasteiger partial charge in [0, 0.05) is 19.6 Å². The number of aldehydes is 1. The van der Waals surface area contributed by atoms with Crippen LogP contribution >= 0.6 is 0 Å². The fourth-order valence-electron chi connectivity index (χ4n) is 2.15. The Balaban J connectivity index is 0. The standard InChI is InChI=1S/C16H34N2O.C3H6O2/c1-15(2)16(19)18-14-12-10-8-6-4-5-7-9-11-13-17-3;1-5-3-2-4/h15,17H,4-14H2,1-3H3,(H,18,19);2H,3H2,1H3. The lowest BCUT2D eigenvalue weighted by Crippen LogP contribution is -2.28. The lowest BCUT2D eigenvalue weighted by atomic mass is 10.1. The number of amides is 1. The molecule has 0 fully saturated rings. The van der Waals surface area contributed by atoms with E-state index in [0.29, 0.717) is 6.29 Å². The quantitative estimate of drug-likeness (QED) is 0.353. The molecule has 0 radical (unpaired) electrons. The smallest absolute Gasteiger partial charge is 0.222 e. The highest BCUT2D eigenvalue weighted by Crippen LogP contribution is 2.09. The minimum Gasteiger partial charge on any atom is -0.377 e. The second-order valence-corrected chi connectivity index (χ2v) is 6.35. The third-order valence-electron chi connectivity index (χ3n) is 3.66. The van der Waals surface area contributed by atoms with Crippen molar-refractivity contribution in [3.05, 3.63) is 0 Å². The van der Waals surface area contributed by atoms with Gasteiger partial charge in [-0.1, -0.05) is 58.8 Å². The minimum absolute atomic E-state index is 0.114. The summed E-state index contributed by atoms with van der Waals surface area (Å²) in [7, 11) is 3.50. The third kappa shape index (κ3) is 23.3. The molecule has 0 atom stereocenters. The van der Waals surface area contributed by atoms with Gasteiger partial charge >= 0.3 is 0 Å². The average molecular weight is 345 g/mol. The zero-order valence-corrected chi connectivity index (χ0v) is 16.4. The SMILES string of the molecule is CNCCCCCCCCCCCNC(=O)C(C)C.COCC=O. The monoisotopic (exact) mass is 344 g/mol. The average Bonchev–Trinajstić information content (AvgIpc) is 2.57. The van der Waals surface area contributed by atoms with Gasteiger partial charge < -0.3 is 20.2 Å². The first-order valence-corrected chi connectivity index (χ1v) is 9.45. The van der Waals surface area contributed by atoms with Gasteiger partial charge in [0.2, 0.25) is 5.91 Å². The van der Waals surface area contributed by atoms with Crippen LogP contribution in [-0.4, -0.2) is 46.0 Å². The Morgan fingerprint density at radius 1 is 0.917 bits per heavy atom. The first-order chi connectivity index (χ1) is 11.6. The first-order valence-electron chi connectivity index (χ1n) is 9.45. The maximum Gasteiger partial charge on any atom is 0.222 e. The maximum absolute atomic E-state index is 11.3. The Hall–Kier alpha value is -0.940. The number of ether oxygens (including phenoxy) is 1. The number of rotatable bonds is 15. The Labute approximate surface area is 149 Å². The molecular weight excluding hydrogens is 304 g/mol. The molecule has 0 spiro atoms. The van der Waals surface area contributed by atoms with Crippen LogP contribution in [0.3, 0.4) is 0 Å². The number of carbonyl (C=O) groups excluding carboxylic acids is 2. The molecule has 0 aliphatic heterocycles. The Morgan fingerprint density at radius 2 is 1.38 bits per heavy atom. The van der Waals surface area contributed by atoms with E-state index in [1.54, 1.807) is 0 Å². The van der Waals surface area contributed by atoms with Crippen molar-refractivity contribution in [1.82, 2.24) is 10.6 Å².